The maximum absolute atomic E-state index is 13.5. The molecule has 2 aromatic carbocycles. The van der Waals surface area contributed by atoms with Crippen LogP contribution in [0, 0.1) is 5.82 Å². The van der Waals surface area contributed by atoms with Crippen molar-refractivity contribution in [2.24, 2.45) is 0 Å². The summed E-state index contributed by atoms with van der Waals surface area (Å²) in [6, 6.07) is 9.80. The fourth-order valence-corrected chi connectivity index (χ4v) is 3.54. The van der Waals surface area contributed by atoms with Gasteiger partial charge in [0.1, 0.15) is 23.7 Å². The van der Waals surface area contributed by atoms with Gasteiger partial charge in [-0.25, -0.2) is 24.3 Å². The average Bonchev–Trinajstić information content (AvgIpc) is 2.71. The van der Waals surface area contributed by atoms with E-state index in [1.54, 1.807) is 24.5 Å². The zero-order valence-corrected chi connectivity index (χ0v) is 18.4. The first-order valence-electron chi connectivity index (χ1n) is 8.96. The normalized spacial score (nSPS) is 11.5. The molecule has 30 heavy (non-hydrogen) atoms. The quantitative estimate of drug-likeness (QED) is 0.370. The van der Waals surface area contributed by atoms with Gasteiger partial charge in [-0.2, -0.15) is 0 Å². The van der Waals surface area contributed by atoms with Crippen LogP contribution in [0.25, 0.3) is 10.9 Å². The topological polar surface area (TPSA) is 72.8 Å². The third kappa shape index (κ3) is 4.20. The molecule has 0 spiro atoms. The molecule has 0 aliphatic carbocycles. The number of aromatic nitrogens is 4. The van der Waals surface area contributed by atoms with Crippen molar-refractivity contribution in [1.29, 1.82) is 0 Å². The van der Waals surface area contributed by atoms with Crippen LogP contribution in [0.1, 0.15) is 19.7 Å². The lowest BCUT2D eigenvalue weighted by Crippen LogP contribution is -2.28. The summed E-state index contributed by atoms with van der Waals surface area (Å²) in [7, 11) is 0. The van der Waals surface area contributed by atoms with Gasteiger partial charge in [0.15, 0.2) is 11.4 Å². The van der Waals surface area contributed by atoms with Crippen molar-refractivity contribution in [3.8, 4) is 5.75 Å². The Bertz CT molecular complexity index is 1220. The molecule has 0 fully saturated rings. The first-order chi connectivity index (χ1) is 14.3. The van der Waals surface area contributed by atoms with Crippen LogP contribution in [0.5, 0.6) is 5.75 Å². The van der Waals surface area contributed by atoms with Crippen LogP contribution in [0.15, 0.2) is 59.6 Å². The summed E-state index contributed by atoms with van der Waals surface area (Å²) in [6.45, 7) is 3.76. The molecule has 0 aliphatic heterocycles. The summed E-state index contributed by atoms with van der Waals surface area (Å²) in [4.78, 5) is 17.3. The number of ether oxygens (including phenoxy) is 1. The Morgan fingerprint density at radius 3 is 2.57 bits per heavy atom. The molecule has 0 aliphatic rings. The van der Waals surface area contributed by atoms with E-state index in [0.29, 0.717) is 34.0 Å². The van der Waals surface area contributed by atoms with Gasteiger partial charge in [0.25, 0.3) is 0 Å². The molecule has 9 heteroatoms. The minimum absolute atomic E-state index is 0.0138. The molecule has 0 saturated heterocycles. The van der Waals surface area contributed by atoms with Gasteiger partial charge in [-0.1, -0.05) is 27.5 Å². The molecular weight excluding hydrogens is 473 g/mol. The van der Waals surface area contributed by atoms with Crippen LogP contribution >= 0.6 is 27.5 Å². The molecule has 2 aromatic heterocycles. The van der Waals surface area contributed by atoms with Crippen LogP contribution in [0.4, 0.5) is 15.9 Å². The van der Waals surface area contributed by atoms with Gasteiger partial charge >= 0.3 is 0 Å². The molecule has 4 rings (SSSR count). The minimum atomic E-state index is -0.818. The maximum Gasteiger partial charge on any atom is 0.171 e. The predicted molar refractivity (Wildman–Crippen MR) is 118 cm³/mol. The summed E-state index contributed by atoms with van der Waals surface area (Å²) in [5, 5.41) is 3.84. The highest BCUT2D eigenvalue weighted by Crippen LogP contribution is 2.38. The largest absolute Gasteiger partial charge is 0.479 e. The predicted octanol–water partition coefficient (Wildman–Crippen LogP) is 6.03. The molecular formula is C21H16BrClFN5O. The van der Waals surface area contributed by atoms with E-state index in [9.17, 15) is 4.39 Å². The SMILES string of the molecule is CC(C)(Oc1cc(Br)cc2ncnc(Nc3ccc(F)c(Cl)c3)c12)c1ncccn1. The van der Waals surface area contributed by atoms with E-state index in [2.05, 4.69) is 41.2 Å². The van der Waals surface area contributed by atoms with Crippen LogP contribution in [-0.2, 0) is 5.60 Å². The van der Waals surface area contributed by atoms with Crippen molar-refractivity contribution in [3.05, 3.63) is 76.3 Å². The maximum atomic E-state index is 13.5. The van der Waals surface area contributed by atoms with E-state index >= 15 is 0 Å². The molecule has 0 amide bonds. The van der Waals surface area contributed by atoms with Crippen LogP contribution in [0.2, 0.25) is 5.02 Å². The molecule has 2 heterocycles. The first-order valence-corrected chi connectivity index (χ1v) is 10.1. The number of nitrogens with zero attached hydrogens (tertiary/aromatic N) is 4. The van der Waals surface area contributed by atoms with Crippen molar-refractivity contribution < 1.29 is 9.13 Å². The van der Waals surface area contributed by atoms with Gasteiger partial charge in [0.05, 0.1) is 15.9 Å². The summed E-state index contributed by atoms with van der Waals surface area (Å²) in [6.07, 6.45) is 4.78. The van der Waals surface area contributed by atoms with Crippen LogP contribution in [0.3, 0.4) is 0 Å². The summed E-state index contributed by atoms with van der Waals surface area (Å²) < 4.78 is 20.7. The van der Waals surface area contributed by atoms with E-state index in [1.807, 2.05) is 26.0 Å². The number of rotatable bonds is 5. The summed E-state index contributed by atoms with van der Waals surface area (Å²) >= 11 is 9.42. The molecule has 4 aromatic rings. The Balaban J connectivity index is 1.80. The zero-order valence-electron chi connectivity index (χ0n) is 16.0. The van der Waals surface area contributed by atoms with Gasteiger partial charge in [-0.3, -0.25) is 0 Å². The van der Waals surface area contributed by atoms with E-state index < -0.39 is 11.4 Å². The Morgan fingerprint density at radius 1 is 1.07 bits per heavy atom. The Hall–Kier alpha value is -2.84. The highest BCUT2D eigenvalue weighted by molar-refractivity contribution is 9.10. The van der Waals surface area contributed by atoms with Gasteiger partial charge < -0.3 is 10.1 Å². The molecule has 0 bridgehead atoms. The third-order valence-corrected chi connectivity index (χ3v) is 5.07. The van der Waals surface area contributed by atoms with Gasteiger partial charge in [0.2, 0.25) is 0 Å². The zero-order chi connectivity index (χ0) is 21.3. The molecule has 152 valence electrons. The molecule has 0 atom stereocenters. The van der Waals surface area contributed by atoms with E-state index in [0.717, 1.165) is 4.47 Å². The molecule has 0 unspecified atom stereocenters. The Kier molecular flexibility index (Phi) is 5.53. The molecule has 1 N–H and O–H groups in total. The van der Waals surface area contributed by atoms with Crippen LogP contribution in [-0.4, -0.2) is 19.9 Å². The monoisotopic (exact) mass is 487 g/mol. The summed E-state index contributed by atoms with van der Waals surface area (Å²) in [5.41, 5.74) is 0.428. The first kappa shape index (κ1) is 20.4. The number of hydrogen-bond acceptors (Lipinski definition) is 6. The lowest BCUT2D eigenvalue weighted by molar-refractivity contribution is 0.100. The van der Waals surface area contributed by atoms with Crippen molar-refractivity contribution in [2.75, 3.05) is 5.32 Å². The Labute approximate surface area is 185 Å². The number of halogens is 3. The van der Waals surface area contributed by atoms with Crippen molar-refractivity contribution in [1.82, 2.24) is 19.9 Å². The van der Waals surface area contributed by atoms with E-state index in [1.165, 1.54) is 18.5 Å². The number of anilines is 2. The van der Waals surface area contributed by atoms with E-state index in [-0.39, 0.29) is 5.02 Å². The fraction of sp³-hybridized carbons (Fsp3) is 0.143. The standard InChI is InChI=1S/C21H16BrClFN5O/c1-21(2,20-25-6-3-7-26-20)30-17-9-12(22)8-16-18(17)19(28-11-27-16)29-13-4-5-15(24)14(23)10-13/h3-11H,1-2H3,(H,27,28,29). The lowest BCUT2D eigenvalue weighted by Gasteiger charge is -2.26. The van der Waals surface area contributed by atoms with Crippen LogP contribution < -0.4 is 10.1 Å². The second kappa shape index (κ2) is 8.12. The Morgan fingerprint density at radius 2 is 1.83 bits per heavy atom. The minimum Gasteiger partial charge on any atom is -0.479 e. The number of hydrogen-bond donors (Lipinski definition) is 1. The second-order valence-electron chi connectivity index (χ2n) is 6.96. The highest BCUT2D eigenvalue weighted by Gasteiger charge is 2.27. The highest BCUT2D eigenvalue weighted by atomic mass is 79.9. The summed E-state index contributed by atoms with van der Waals surface area (Å²) in [5.74, 6) is 1.07. The second-order valence-corrected chi connectivity index (χ2v) is 8.28. The van der Waals surface area contributed by atoms with Gasteiger partial charge in [-0.05, 0) is 50.2 Å². The smallest absolute Gasteiger partial charge is 0.171 e. The van der Waals surface area contributed by atoms with Crippen molar-refractivity contribution in [2.45, 2.75) is 19.4 Å². The average molecular weight is 489 g/mol. The van der Waals surface area contributed by atoms with Gasteiger partial charge in [-0.15, -0.1) is 0 Å². The third-order valence-electron chi connectivity index (χ3n) is 4.32. The molecule has 0 saturated carbocycles. The number of fused-ring (bicyclic) bond motifs is 1. The van der Waals surface area contributed by atoms with Crippen molar-refractivity contribution in [3.63, 3.8) is 0 Å². The fourth-order valence-electron chi connectivity index (χ4n) is 2.94. The molecule has 0 radical (unpaired) electrons. The molecule has 6 nitrogen and oxygen atoms in total. The van der Waals surface area contributed by atoms with Gasteiger partial charge in [0, 0.05) is 22.6 Å². The van der Waals surface area contributed by atoms with Crippen molar-refractivity contribution >= 4 is 49.9 Å². The lowest BCUT2D eigenvalue weighted by atomic mass is 10.1. The number of benzene rings is 2. The number of nitrogens with one attached hydrogen (secondary N) is 1. The van der Waals surface area contributed by atoms with E-state index in [4.69, 9.17) is 16.3 Å².